The standard InChI is InChI=1S/C13H20O/c1-4-6-12-9-8-11(3)10-14-13(12)7-5-2/h5-7,11H,2,4,8-10H2,1,3H3/b12-6-,13-7+. The summed E-state index contributed by atoms with van der Waals surface area (Å²) in [6.07, 6.45) is 9.46. The van der Waals surface area contributed by atoms with Gasteiger partial charge in [-0.25, -0.2) is 0 Å². The zero-order chi connectivity index (χ0) is 10.4. The van der Waals surface area contributed by atoms with Crippen LogP contribution in [-0.2, 0) is 4.74 Å². The van der Waals surface area contributed by atoms with Crippen molar-refractivity contribution in [2.24, 2.45) is 5.92 Å². The van der Waals surface area contributed by atoms with Crippen LogP contribution < -0.4 is 0 Å². The van der Waals surface area contributed by atoms with Crippen LogP contribution in [0.25, 0.3) is 0 Å². The fraction of sp³-hybridized carbons (Fsp3) is 0.538. The summed E-state index contributed by atoms with van der Waals surface area (Å²) in [5, 5.41) is 0. The molecule has 1 saturated heterocycles. The lowest BCUT2D eigenvalue weighted by Gasteiger charge is -2.09. The molecule has 1 aliphatic rings. The number of hydrogen-bond acceptors (Lipinski definition) is 1. The first-order chi connectivity index (χ1) is 6.77. The second kappa shape index (κ2) is 5.69. The van der Waals surface area contributed by atoms with E-state index in [0.29, 0.717) is 5.92 Å². The van der Waals surface area contributed by atoms with E-state index < -0.39 is 0 Å². The van der Waals surface area contributed by atoms with E-state index in [1.54, 1.807) is 6.08 Å². The minimum atomic E-state index is 0.658. The van der Waals surface area contributed by atoms with Gasteiger partial charge in [0.05, 0.1) is 6.61 Å². The smallest absolute Gasteiger partial charge is 0.122 e. The average molecular weight is 192 g/mol. The Hall–Kier alpha value is -0.980. The Bertz CT molecular complexity index is 248. The zero-order valence-corrected chi connectivity index (χ0v) is 9.25. The molecule has 0 aromatic rings. The van der Waals surface area contributed by atoms with Gasteiger partial charge in [-0.1, -0.05) is 32.6 Å². The summed E-state index contributed by atoms with van der Waals surface area (Å²) < 4.78 is 5.74. The number of hydrogen-bond donors (Lipinski definition) is 0. The van der Waals surface area contributed by atoms with Crippen molar-refractivity contribution >= 4 is 0 Å². The van der Waals surface area contributed by atoms with E-state index >= 15 is 0 Å². The van der Waals surface area contributed by atoms with Gasteiger partial charge in [-0.05, 0) is 36.8 Å². The largest absolute Gasteiger partial charge is 0.493 e. The molecular formula is C13H20O. The van der Waals surface area contributed by atoms with E-state index in [4.69, 9.17) is 4.74 Å². The number of rotatable bonds is 2. The van der Waals surface area contributed by atoms with Crippen molar-refractivity contribution in [3.63, 3.8) is 0 Å². The quantitative estimate of drug-likeness (QED) is 0.646. The Morgan fingerprint density at radius 2 is 2.36 bits per heavy atom. The fourth-order valence-corrected chi connectivity index (χ4v) is 1.64. The Morgan fingerprint density at radius 1 is 1.57 bits per heavy atom. The van der Waals surface area contributed by atoms with Crippen molar-refractivity contribution < 1.29 is 4.74 Å². The molecule has 1 aliphatic heterocycles. The molecule has 1 atom stereocenters. The van der Waals surface area contributed by atoms with Crippen molar-refractivity contribution in [1.29, 1.82) is 0 Å². The summed E-state index contributed by atoms with van der Waals surface area (Å²) in [5.41, 5.74) is 1.34. The predicted molar refractivity (Wildman–Crippen MR) is 61.0 cm³/mol. The Morgan fingerprint density at radius 3 is 3.00 bits per heavy atom. The molecule has 0 spiro atoms. The third-order valence-electron chi connectivity index (χ3n) is 2.47. The van der Waals surface area contributed by atoms with Gasteiger partial charge in [-0.2, -0.15) is 0 Å². The highest BCUT2D eigenvalue weighted by molar-refractivity contribution is 5.29. The van der Waals surface area contributed by atoms with E-state index in [9.17, 15) is 0 Å². The van der Waals surface area contributed by atoms with Crippen LogP contribution in [0.15, 0.2) is 36.1 Å². The molecule has 0 aromatic heterocycles. The van der Waals surface area contributed by atoms with Crippen LogP contribution in [0, 0.1) is 5.92 Å². The first-order valence-electron chi connectivity index (χ1n) is 5.42. The highest BCUT2D eigenvalue weighted by atomic mass is 16.5. The normalized spacial score (nSPS) is 28.6. The molecule has 1 rings (SSSR count). The van der Waals surface area contributed by atoms with Gasteiger partial charge in [0.2, 0.25) is 0 Å². The van der Waals surface area contributed by atoms with Gasteiger partial charge in [-0.3, -0.25) is 0 Å². The summed E-state index contributed by atoms with van der Waals surface area (Å²) in [7, 11) is 0. The van der Waals surface area contributed by atoms with Crippen molar-refractivity contribution in [2.75, 3.05) is 6.61 Å². The van der Waals surface area contributed by atoms with Crippen LogP contribution in [0.5, 0.6) is 0 Å². The lowest BCUT2D eigenvalue weighted by atomic mass is 10.0. The molecule has 1 nitrogen and oxygen atoms in total. The molecule has 0 amide bonds. The van der Waals surface area contributed by atoms with Crippen LogP contribution in [0.4, 0.5) is 0 Å². The monoisotopic (exact) mass is 192 g/mol. The topological polar surface area (TPSA) is 9.23 Å². The molecule has 0 aromatic carbocycles. The molecule has 14 heavy (non-hydrogen) atoms. The van der Waals surface area contributed by atoms with Gasteiger partial charge >= 0.3 is 0 Å². The van der Waals surface area contributed by atoms with Crippen LogP contribution in [-0.4, -0.2) is 6.61 Å². The van der Waals surface area contributed by atoms with Gasteiger partial charge in [-0.15, -0.1) is 0 Å². The molecule has 1 heteroatoms. The molecule has 78 valence electrons. The summed E-state index contributed by atoms with van der Waals surface area (Å²) in [6.45, 7) is 8.95. The molecule has 0 radical (unpaired) electrons. The maximum Gasteiger partial charge on any atom is 0.122 e. The van der Waals surface area contributed by atoms with E-state index in [-0.39, 0.29) is 0 Å². The van der Waals surface area contributed by atoms with Crippen molar-refractivity contribution in [3.8, 4) is 0 Å². The van der Waals surface area contributed by atoms with Crippen LogP contribution in [0.3, 0.4) is 0 Å². The van der Waals surface area contributed by atoms with Gasteiger partial charge in [0, 0.05) is 0 Å². The Kier molecular flexibility index (Phi) is 4.51. The minimum Gasteiger partial charge on any atom is -0.493 e. The van der Waals surface area contributed by atoms with Crippen LogP contribution >= 0.6 is 0 Å². The van der Waals surface area contributed by atoms with E-state index in [2.05, 4.69) is 26.5 Å². The first kappa shape index (κ1) is 11.1. The molecule has 0 bridgehead atoms. The Labute approximate surface area is 87.2 Å². The van der Waals surface area contributed by atoms with E-state index in [0.717, 1.165) is 25.2 Å². The predicted octanol–water partition coefficient (Wildman–Crippen LogP) is 3.84. The molecule has 0 N–H and O–H groups in total. The van der Waals surface area contributed by atoms with E-state index in [1.165, 1.54) is 12.0 Å². The highest BCUT2D eigenvalue weighted by Gasteiger charge is 2.14. The maximum absolute atomic E-state index is 5.74. The summed E-state index contributed by atoms with van der Waals surface area (Å²) in [5.74, 6) is 1.68. The fourth-order valence-electron chi connectivity index (χ4n) is 1.64. The van der Waals surface area contributed by atoms with Gasteiger partial charge in [0.1, 0.15) is 5.76 Å². The molecule has 0 aliphatic carbocycles. The van der Waals surface area contributed by atoms with Gasteiger partial charge < -0.3 is 4.74 Å². The highest BCUT2D eigenvalue weighted by Crippen LogP contribution is 2.26. The summed E-state index contributed by atoms with van der Waals surface area (Å²) in [4.78, 5) is 0. The van der Waals surface area contributed by atoms with E-state index in [1.807, 2.05) is 6.08 Å². The van der Waals surface area contributed by atoms with Crippen molar-refractivity contribution in [1.82, 2.24) is 0 Å². The lowest BCUT2D eigenvalue weighted by Crippen LogP contribution is -2.00. The maximum atomic E-state index is 5.74. The second-order valence-electron chi connectivity index (χ2n) is 3.86. The molecule has 0 saturated carbocycles. The second-order valence-corrected chi connectivity index (χ2v) is 3.86. The first-order valence-corrected chi connectivity index (χ1v) is 5.42. The molecule has 1 heterocycles. The average Bonchev–Trinajstić information content (AvgIpc) is 2.33. The van der Waals surface area contributed by atoms with Crippen molar-refractivity contribution in [3.05, 3.63) is 36.1 Å². The molecule has 1 fully saturated rings. The minimum absolute atomic E-state index is 0.658. The van der Waals surface area contributed by atoms with Crippen molar-refractivity contribution in [2.45, 2.75) is 33.1 Å². The number of ether oxygens (including phenoxy) is 1. The summed E-state index contributed by atoms with van der Waals surface area (Å²) in [6, 6.07) is 0. The van der Waals surface area contributed by atoms with Crippen LogP contribution in [0.1, 0.15) is 33.1 Å². The third kappa shape index (κ3) is 3.06. The van der Waals surface area contributed by atoms with Gasteiger partial charge in [0.15, 0.2) is 0 Å². The molecular weight excluding hydrogens is 172 g/mol. The van der Waals surface area contributed by atoms with Gasteiger partial charge in [0.25, 0.3) is 0 Å². The molecule has 1 unspecified atom stereocenters. The Balaban J connectivity index is 2.81. The third-order valence-corrected chi connectivity index (χ3v) is 2.47. The SMILES string of the molecule is C=C/C=C1/OCC(C)CC/C1=C/CC. The summed E-state index contributed by atoms with van der Waals surface area (Å²) >= 11 is 0. The zero-order valence-electron chi connectivity index (χ0n) is 9.25. The lowest BCUT2D eigenvalue weighted by molar-refractivity contribution is 0.188. The number of allylic oxidation sites excluding steroid dienone is 4. The van der Waals surface area contributed by atoms with Crippen LogP contribution in [0.2, 0.25) is 0 Å².